The Balaban J connectivity index is 1.60. The topological polar surface area (TPSA) is 73.0 Å². The van der Waals surface area contributed by atoms with Crippen molar-refractivity contribution in [2.45, 2.75) is 76.2 Å². The Morgan fingerprint density at radius 1 is 1.12 bits per heavy atom. The smallest absolute Gasteiger partial charge is 0.232 e. The van der Waals surface area contributed by atoms with E-state index >= 15 is 0 Å². The molecule has 1 atom stereocenters. The Morgan fingerprint density at radius 2 is 1.92 bits per heavy atom. The van der Waals surface area contributed by atoms with Crippen LogP contribution in [0.2, 0.25) is 0 Å². The molecule has 2 aliphatic rings. The minimum absolute atomic E-state index is 0.167. The molecule has 136 valence electrons. The Kier molecular flexibility index (Phi) is 6.77. The third kappa shape index (κ3) is 5.49. The van der Waals surface area contributed by atoms with Crippen LogP contribution in [0.4, 0.5) is 0 Å². The molecule has 1 unspecified atom stereocenters. The highest BCUT2D eigenvalue weighted by molar-refractivity contribution is 5.21. The predicted octanol–water partition coefficient (Wildman–Crippen LogP) is 3.18. The first kappa shape index (κ1) is 18.3. The van der Waals surface area contributed by atoms with Gasteiger partial charge in [0.25, 0.3) is 0 Å². The van der Waals surface area contributed by atoms with Crippen molar-refractivity contribution < 1.29 is 5.11 Å². The normalized spacial score (nSPS) is 23.1. The van der Waals surface area contributed by atoms with Crippen molar-refractivity contribution >= 4 is 0 Å². The fourth-order valence-electron chi connectivity index (χ4n) is 4.20. The van der Waals surface area contributed by atoms with E-state index in [0.717, 1.165) is 56.7 Å². The van der Waals surface area contributed by atoms with Crippen molar-refractivity contribution in [3.8, 4) is 6.07 Å². The zero-order chi connectivity index (χ0) is 17.5. The fraction of sp³-hybridized carbons (Fsp3) is 0.750. The van der Waals surface area contributed by atoms with Gasteiger partial charge in [0.1, 0.15) is 6.07 Å². The van der Waals surface area contributed by atoms with Crippen LogP contribution in [0.25, 0.3) is 0 Å². The van der Waals surface area contributed by atoms with Crippen molar-refractivity contribution in [2.24, 2.45) is 0 Å². The van der Waals surface area contributed by atoms with Crippen LogP contribution in [-0.2, 0) is 6.42 Å². The fourth-order valence-corrected chi connectivity index (χ4v) is 4.20. The summed E-state index contributed by atoms with van der Waals surface area (Å²) in [7, 11) is 0. The number of β-amino-alcohol motifs (C(OH)–C–C–N with tert-alkyl or cyclic N) is 1. The standard InChI is InChI=1S/C20H30N4O/c21-14-20-22-17(9-5-11-24-12-6-10-18(25)15-24)13-19(23-20)16-7-3-1-2-4-8-16/h13,16,18,25H,1-12,15H2. The Labute approximate surface area is 151 Å². The third-order valence-electron chi connectivity index (χ3n) is 5.56. The number of likely N-dealkylation sites (tertiary alicyclic amines) is 1. The van der Waals surface area contributed by atoms with E-state index < -0.39 is 0 Å². The number of aliphatic hydroxyl groups excluding tert-OH is 1. The van der Waals surface area contributed by atoms with Crippen molar-refractivity contribution in [3.05, 3.63) is 23.3 Å². The van der Waals surface area contributed by atoms with Gasteiger partial charge in [0.2, 0.25) is 5.82 Å². The number of hydrogen-bond donors (Lipinski definition) is 1. The molecule has 0 bridgehead atoms. The van der Waals surface area contributed by atoms with Crippen LogP contribution in [0.1, 0.15) is 80.9 Å². The van der Waals surface area contributed by atoms with Gasteiger partial charge in [-0.15, -0.1) is 0 Å². The molecule has 1 N–H and O–H groups in total. The molecule has 0 amide bonds. The van der Waals surface area contributed by atoms with Crippen LogP contribution in [-0.4, -0.2) is 45.7 Å². The summed E-state index contributed by atoms with van der Waals surface area (Å²) in [5, 5.41) is 19.1. The van der Waals surface area contributed by atoms with Gasteiger partial charge in [0, 0.05) is 23.9 Å². The highest BCUT2D eigenvalue weighted by Gasteiger charge is 2.19. The van der Waals surface area contributed by atoms with E-state index in [1.165, 1.54) is 38.5 Å². The molecule has 25 heavy (non-hydrogen) atoms. The number of nitriles is 1. The molecule has 0 radical (unpaired) electrons. The van der Waals surface area contributed by atoms with E-state index in [2.05, 4.69) is 27.0 Å². The summed E-state index contributed by atoms with van der Waals surface area (Å²) in [6.45, 7) is 2.86. The van der Waals surface area contributed by atoms with Crippen molar-refractivity contribution in [3.63, 3.8) is 0 Å². The number of rotatable bonds is 5. The van der Waals surface area contributed by atoms with Gasteiger partial charge in [0.05, 0.1) is 6.10 Å². The molecule has 2 fully saturated rings. The molecule has 0 aromatic carbocycles. The lowest BCUT2D eigenvalue weighted by atomic mass is 9.95. The molecule has 1 aromatic rings. The molecule has 5 heteroatoms. The summed E-state index contributed by atoms with van der Waals surface area (Å²) < 4.78 is 0. The summed E-state index contributed by atoms with van der Waals surface area (Å²) in [4.78, 5) is 11.3. The molecular weight excluding hydrogens is 312 g/mol. The summed E-state index contributed by atoms with van der Waals surface area (Å²) in [6.07, 6.45) is 11.3. The van der Waals surface area contributed by atoms with E-state index in [4.69, 9.17) is 0 Å². The highest BCUT2D eigenvalue weighted by Crippen LogP contribution is 2.30. The average molecular weight is 342 g/mol. The number of hydrogen-bond acceptors (Lipinski definition) is 5. The van der Waals surface area contributed by atoms with E-state index in [-0.39, 0.29) is 6.10 Å². The van der Waals surface area contributed by atoms with Gasteiger partial charge < -0.3 is 10.0 Å². The molecule has 0 spiro atoms. The highest BCUT2D eigenvalue weighted by atomic mass is 16.3. The van der Waals surface area contributed by atoms with Gasteiger partial charge in [-0.3, -0.25) is 0 Å². The molecular formula is C20H30N4O. The van der Waals surface area contributed by atoms with Gasteiger partial charge in [-0.1, -0.05) is 25.7 Å². The molecule has 5 nitrogen and oxygen atoms in total. The number of nitrogens with zero attached hydrogens (tertiary/aromatic N) is 4. The van der Waals surface area contributed by atoms with Gasteiger partial charge in [-0.05, 0) is 57.7 Å². The van der Waals surface area contributed by atoms with Gasteiger partial charge in [0.15, 0.2) is 0 Å². The largest absolute Gasteiger partial charge is 0.392 e. The van der Waals surface area contributed by atoms with E-state index in [9.17, 15) is 10.4 Å². The lowest BCUT2D eigenvalue weighted by molar-refractivity contribution is 0.0702. The first-order chi connectivity index (χ1) is 12.2. The molecule has 2 heterocycles. The Bertz CT molecular complexity index is 590. The van der Waals surface area contributed by atoms with Gasteiger partial charge in [-0.2, -0.15) is 5.26 Å². The lowest BCUT2D eigenvalue weighted by Crippen LogP contribution is -2.38. The van der Waals surface area contributed by atoms with Crippen molar-refractivity contribution in [1.82, 2.24) is 14.9 Å². The second-order valence-corrected chi connectivity index (χ2v) is 7.61. The van der Waals surface area contributed by atoms with Crippen LogP contribution in [0, 0.1) is 11.3 Å². The number of piperidine rings is 1. The quantitative estimate of drug-likeness (QED) is 0.832. The van der Waals surface area contributed by atoms with Gasteiger partial charge in [-0.25, -0.2) is 9.97 Å². The van der Waals surface area contributed by atoms with E-state index in [1.807, 2.05) is 0 Å². The first-order valence-corrected chi connectivity index (χ1v) is 9.93. The SMILES string of the molecule is N#Cc1nc(CCCN2CCCC(O)C2)cc(C2CCCCCC2)n1. The third-order valence-corrected chi connectivity index (χ3v) is 5.56. The number of aliphatic hydroxyl groups is 1. The number of aryl methyl sites for hydroxylation is 1. The average Bonchev–Trinajstić information content (AvgIpc) is 2.91. The summed E-state index contributed by atoms with van der Waals surface area (Å²) in [5.41, 5.74) is 2.08. The van der Waals surface area contributed by atoms with Crippen LogP contribution in [0.3, 0.4) is 0 Å². The predicted molar refractivity (Wildman–Crippen MR) is 97.2 cm³/mol. The molecule has 3 rings (SSSR count). The molecule has 1 aliphatic carbocycles. The zero-order valence-corrected chi connectivity index (χ0v) is 15.2. The van der Waals surface area contributed by atoms with Crippen LogP contribution in [0.5, 0.6) is 0 Å². The monoisotopic (exact) mass is 342 g/mol. The summed E-state index contributed by atoms with van der Waals surface area (Å²) in [5.74, 6) is 0.818. The first-order valence-electron chi connectivity index (χ1n) is 9.93. The summed E-state index contributed by atoms with van der Waals surface area (Å²) in [6, 6.07) is 4.28. The van der Waals surface area contributed by atoms with Gasteiger partial charge >= 0.3 is 0 Å². The van der Waals surface area contributed by atoms with Crippen LogP contribution >= 0.6 is 0 Å². The van der Waals surface area contributed by atoms with E-state index in [0.29, 0.717) is 11.7 Å². The van der Waals surface area contributed by atoms with Crippen molar-refractivity contribution in [1.29, 1.82) is 5.26 Å². The second-order valence-electron chi connectivity index (χ2n) is 7.61. The summed E-state index contributed by atoms with van der Waals surface area (Å²) >= 11 is 0. The second kappa shape index (κ2) is 9.26. The zero-order valence-electron chi connectivity index (χ0n) is 15.2. The van der Waals surface area contributed by atoms with Crippen molar-refractivity contribution in [2.75, 3.05) is 19.6 Å². The minimum Gasteiger partial charge on any atom is -0.392 e. The molecule has 1 aromatic heterocycles. The molecule has 1 saturated carbocycles. The maximum absolute atomic E-state index is 9.77. The van der Waals surface area contributed by atoms with Crippen LogP contribution < -0.4 is 0 Å². The molecule has 1 saturated heterocycles. The van der Waals surface area contributed by atoms with Crippen LogP contribution in [0.15, 0.2) is 6.07 Å². The number of aromatic nitrogens is 2. The maximum Gasteiger partial charge on any atom is 0.232 e. The lowest BCUT2D eigenvalue weighted by Gasteiger charge is -2.29. The minimum atomic E-state index is -0.167. The van der Waals surface area contributed by atoms with E-state index in [1.54, 1.807) is 0 Å². The molecule has 1 aliphatic heterocycles. The Morgan fingerprint density at radius 3 is 2.64 bits per heavy atom. The maximum atomic E-state index is 9.77. The Hall–Kier alpha value is -1.51.